The molecule has 0 aliphatic carbocycles. The van der Waals surface area contributed by atoms with Gasteiger partial charge in [0.05, 0.1) is 5.60 Å². The molecule has 0 amide bonds. The second-order valence-corrected chi connectivity index (χ2v) is 5.78. The van der Waals surface area contributed by atoms with E-state index in [9.17, 15) is 5.11 Å². The van der Waals surface area contributed by atoms with E-state index in [1.54, 1.807) is 0 Å². The Kier molecular flexibility index (Phi) is 5.36. The zero-order valence-corrected chi connectivity index (χ0v) is 12.2. The summed E-state index contributed by atoms with van der Waals surface area (Å²) in [6.45, 7) is 10.8. The van der Waals surface area contributed by atoms with Crippen molar-refractivity contribution >= 4 is 0 Å². The number of benzene rings is 1. The van der Waals surface area contributed by atoms with Crippen LogP contribution in [0.5, 0.6) is 0 Å². The number of hydrogen-bond donors (Lipinski definition) is 1. The maximum absolute atomic E-state index is 10.4. The zero-order chi connectivity index (χ0) is 13.8. The fourth-order valence-corrected chi connectivity index (χ4v) is 2.21. The molecule has 0 aromatic heterocycles. The molecule has 0 heterocycles. The van der Waals surface area contributed by atoms with Crippen LogP contribution in [0.4, 0.5) is 0 Å². The van der Waals surface area contributed by atoms with Gasteiger partial charge in [-0.1, -0.05) is 38.1 Å². The molecule has 0 aliphatic heterocycles. The third kappa shape index (κ3) is 4.11. The number of aliphatic hydroxyl groups is 1. The van der Waals surface area contributed by atoms with E-state index in [4.69, 9.17) is 4.74 Å². The van der Waals surface area contributed by atoms with Crippen molar-refractivity contribution in [3.8, 4) is 0 Å². The molecule has 0 radical (unpaired) electrons. The van der Waals surface area contributed by atoms with Crippen molar-refractivity contribution < 1.29 is 9.84 Å². The van der Waals surface area contributed by atoms with Gasteiger partial charge in [0.1, 0.15) is 6.10 Å². The molecule has 2 nitrogen and oxygen atoms in total. The molecular weight excluding hydrogens is 224 g/mol. The minimum atomic E-state index is -0.593. The Labute approximate surface area is 111 Å². The fourth-order valence-electron chi connectivity index (χ4n) is 2.21. The van der Waals surface area contributed by atoms with Crippen LogP contribution in [0.25, 0.3) is 0 Å². The van der Waals surface area contributed by atoms with Crippen molar-refractivity contribution in [3.63, 3.8) is 0 Å². The monoisotopic (exact) mass is 250 g/mol. The second-order valence-electron chi connectivity index (χ2n) is 5.78. The molecule has 0 spiro atoms. The summed E-state index contributed by atoms with van der Waals surface area (Å²) in [6, 6.07) is 8.18. The van der Waals surface area contributed by atoms with Crippen LogP contribution >= 0.6 is 0 Å². The Balaban J connectivity index is 2.88. The van der Waals surface area contributed by atoms with Gasteiger partial charge >= 0.3 is 0 Å². The first-order valence-electron chi connectivity index (χ1n) is 6.77. The first kappa shape index (κ1) is 15.2. The molecule has 1 N–H and O–H groups in total. The summed E-state index contributed by atoms with van der Waals surface area (Å²) in [5, 5.41) is 10.4. The van der Waals surface area contributed by atoms with Gasteiger partial charge in [-0.05, 0) is 44.2 Å². The molecule has 18 heavy (non-hydrogen) atoms. The Morgan fingerprint density at radius 1 is 1.28 bits per heavy atom. The van der Waals surface area contributed by atoms with Crippen LogP contribution in [-0.2, 0) is 11.2 Å². The molecule has 1 rings (SSSR count). The maximum Gasteiger partial charge on any atom is 0.107 e. The van der Waals surface area contributed by atoms with Crippen LogP contribution < -0.4 is 0 Å². The van der Waals surface area contributed by atoms with Gasteiger partial charge in [0, 0.05) is 6.61 Å². The van der Waals surface area contributed by atoms with E-state index in [-0.39, 0.29) is 0 Å². The Hall–Kier alpha value is -0.860. The fraction of sp³-hybridized carbons (Fsp3) is 0.625. The largest absolute Gasteiger partial charge is 0.385 e. The molecule has 1 aromatic carbocycles. The highest BCUT2D eigenvalue weighted by Crippen LogP contribution is 2.29. The maximum atomic E-state index is 10.4. The van der Waals surface area contributed by atoms with Gasteiger partial charge in [0.25, 0.3) is 0 Å². The van der Waals surface area contributed by atoms with Crippen LogP contribution in [0.1, 0.15) is 51.8 Å². The lowest BCUT2D eigenvalue weighted by Gasteiger charge is -2.30. The highest BCUT2D eigenvalue weighted by atomic mass is 16.5. The lowest BCUT2D eigenvalue weighted by Crippen LogP contribution is -2.32. The van der Waals surface area contributed by atoms with Crippen molar-refractivity contribution in [2.75, 3.05) is 6.61 Å². The third-order valence-corrected chi connectivity index (χ3v) is 3.09. The molecule has 0 saturated carbocycles. The van der Waals surface area contributed by atoms with Crippen LogP contribution in [0.15, 0.2) is 24.3 Å². The highest BCUT2D eigenvalue weighted by Gasteiger charge is 2.29. The molecule has 0 fully saturated rings. The predicted octanol–water partition coefficient (Wildman–Crippen LogP) is 3.73. The van der Waals surface area contributed by atoms with E-state index in [1.807, 2.05) is 32.9 Å². The van der Waals surface area contributed by atoms with Crippen molar-refractivity contribution in [1.82, 2.24) is 0 Å². The number of rotatable bonds is 6. The van der Waals surface area contributed by atoms with Gasteiger partial charge in [0.2, 0.25) is 0 Å². The van der Waals surface area contributed by atoms with Crippen molar-refractivity contribution in [2.45, 2.75) is 52.7 Å². The summed E-state index contributed by atoms with van der Waals surface area (Å²) in [5.41, 5.74) is 1.66. The van der Waals surface area contributed by atoms with Gasteiger partial charge in [-0.25, -0.2) is 0 Å². The third-order valence-electron chi connectivity index (χ3n) is 3.09. The molecule has 0 saturated heterocycles. The second kappa shape index (κ2) is 6.35. The van der Waals surface area contributed by atoms with Crippen LogP contribution in [0, 0.1) is 5.92 Å². The minimum Gasteiger partial charge on any atom is -0.385 e. The summed E-state index contributed by atoms with van der Waals surface area (Å²) in [7, 11) is 0. The highest BCUT2D eigenvalue weighted by molar-refractivity contribution is 5.27. The minimum absolute atomic E-state index is 0.550. The van der Waals surface area contributed by atoms with Gasteiger partial charge in [-0.15, -0.1) is 0 Å². The first-order valence-corrected chi connectivity index (χ1v) is 6.77. The normalized spacial score (nSPS) is 13.9. The smallest absolute Gasteiger partial charge is 0.107 e. The molecule has 102 valence electrons. The molecule has 1 unspecified atom stereocenters. The Morgan fingerprint density at radius 3 is 2.50 bits per heavy atom. The van der Waals surface area contributed by atoms with E-state index >= 15 is 0 Å². The Morgan fingerprint density at radius 2 is 1.94 bits per heavy atom. The average molecular weight is 250 g/mol. The standard InChI is InChI=1S/C16H26O2/c1-6-18-16(4,5)15(17)14-9-7-8-13(11-14)10-12(2)3/h7-9,11-12,15,17H,6,10H2,1-5H3. The number of aliphatic hydroxyl groups excluding tert-OH is 1. The van der Waals surface area contributed by atoms with Crippen LogP contribution in [0.3, 0.4) is 0 Å². The van der Waals surface area contributed by atoms with Gasteiger partial charge in [-0.3, -0.25) is 0 Å². The van der Waals surface area contributed by atoms with Crippen molar-refractivity contribution in [3.05, 3.63) is 35.4 Å². The molecule has 1 atom stereocenters. The molecule has 1 aromatic rings. The summed E-state index contributed by atoms with van der Waals surface area (Å²) < 4.78 is 5.62. The zero-order valence-electron chi connectivity index (χ0n) is 12.2. The number of ether oxygens (including phenoxy) is 1. The molecule has 0 bridgehead atoms. The van der Waals surface area contributed by atoms with Gasteiger partial charge in [0.15, 0.2) is 0 Å². The Bertz CT molecular complexity index is 369. The molecule has 2 heteroatoms. The molecular formula is C16H26O2. The summed E-state index contributed by atoms with van der Waals surface area (Å²) in [5.74, 6) is 0.622. The van der Waals surface area contributed by atoms with Gasteiger partial charge < -0.3 is 9.84 Å². The topological polar surface area (TPSA) is 29.5 Å². The van der Waals surface area contributed by atoms with Crippen LogP contribution in [0.2, 0.25) is 0 Å². The van der Waals surface area contributed by atoms with E-state index in [1.165, 1.54) is 5.56 Å². The summed E-state index contributed by atoms with van der Waals surface area (Å²) in [4.78, 5) is 0. The SMILES string of the molecule is CCOC(C)(C)C(O)c1cccc(CC(C)C)c1. The summed E-state index contributed by atoms with van der Waals surface area (Å²) >= 11 is 0. The molecule has 0 aliphatic rings. The first-order chi connectivity index (χ1) is 8.36. The van der Waals surface area contributed by atoms with E-state index in [2.05, 4.69) is 26.0 Å². The number of hydrogen-bond acceptors (Lipinski definition) is 2. The van der Waals surface area contributed by atoms with Crippen molar-refractivity contribution in [2.24, 2.45) is 5.92 Å². The van der Waals surface area contributed by atoms with Crippen molar-refractivity contribution in [1.29, 1.82) is 0 Å². The average Bonchev–Trinajstić information content (AvgIpc) is 2.27. The lowest BCUT2D eigenvalue weighted by molar-refractivity contribution is -0.0983. The van der Waals surface area contributed by atoms with E-state index in [0.717, 1.165) is 12.0 Å². The quantitative estimate of drug-likeness (QED) is 0.833. The van der Waals surface area contributed by atoms with Gasteiger partial charge in [-0.2, -0.15) is 0 Å². The lowest BCUT2D eigenvalue weighted by atomic mass is 9.92. The van der Waals surface area contributed by atoms with E-state index in [0.29, 0.717) is 12.5 Å². The van der Waals surface area contributed by atoms with E-state index < -0.39 is 11.7 Å². The summed E-state index contributed by atoms with van der Waals surface area (Å²) in [6.07, 6.45) is 0.444. The van der Waals surface area contributed by atoms with Crippen LogP contribution in [-0.4, -0.2) is 17.3 Å². The predicted molar refractivity (Wildman–Crippen MR) is 75.6 cm³/mol.